The Morgan fingerprint density at radius 3 is 2.18 bits per heavy atom. The molecule has 0 aliphatic rings. The molecule has 1 aromatic heterocycles. The zero-order valence-corrected chi connectivity index (χ0v) is 21.6. The Hall–Kier alpha value is -2.16. The normalized spacial score (nSPS) is 11.1. The van der Waals surface area contributed by atoms with Gasteiger partial charge in [0.15, 0.2) is 12.4 Å². The molecule has 0 aromatic carbocycles. The van der Waals surface area contributed by atoms with Crippen molar-refractivity contribution in [3.8, 4) is 0 Å². The van der Waals surface area contributed by atoms with Crippen LogP contribution in [0, 0.1) is 0 Å². The molecule has 0 aliphatic heterocycles. The first kappa shape index (κ1) is 34.0. The van der Waals surface area contributed by atoms with Crippen LogP contribution in [0.5, 0.6) is 0 Å². The number of carbonyl (C=O) groups is 1. The predicted octanol–water partition coefficient (Wildman–Crippen LogP) is 1.12. The summed E-state index contributed by atoms with van der Waals surface area (Å²) in [6.45, 7) is 9.53. The number of pyridine rings is 1. The van der Waals surface area contributed by atoms with E-state index in [-0.39, 0.29) is 35.8 Å². The summed E-state index contributed by atoms with van der Waals surface area (Å²) >= 11 is 0. The number of hydrogen-bond acceptors (Lipinski definition) is 9. The van der Waals surface area contributed by atoms with Gasteiger partial charge in [-0.2, -0.15) is 16.8 Å². The maximum absolute atomic E-state index is 11.4. The van der Waals surface area contributed by atoms with Gasteiger partial charge in [0.05, 0.1) is 11.5 Å². The van der Waals surface area contributed by atoms with Gasteiger partial charge in [0.1, 0.15) is 19.8 Å². The van der Waals surface area contributed by atoms with E-state index in [1.165, 1.54) is 6.92 Å². The highest BCUT2D eigenvalue weighted by atomic mass is 32.2. The minimum Gasteiger partial charge on any atom is -0.870 e. The second-order valence-corrected chi connectivity index (χ2v) is 10.7. The fraction of sp³-hybridized carbons (Fsp3) is 0.524. The Morgan fingerprint density at radius 1 is 1.12 bits per heavy atom. The molecule has 13 heteroatoms. The summed E-state index contributed by atoms with van der Waals surface area (Å²) < 4.78 is 63.5. The van der Waals surface area contributed by atoms with Gasteiger partial charge in [-0.05, 0) is 39.5 Å². The number of aromatic nitrogens is 1. The molecular formula is C21H36N2O9S2. The minimum atomic E-state index is -3.84. The van der Waals surface area contributed by atoms with Gasteiger partial charge >= 0.3 is 5.97 Å². The van der Waals surface area contributed by atoms with E-state index in [4.69, 9.17) is 9.29 Å². The predicted molar refractivity (Wildman–Crippen MR) is 128 cm³/mol. The molecule has 196 valence electrons. The van der Waals surface area contributed by atoms with Crippen molar-refractivity contribution in [3.63, 3.8) is 0 Å². The monoisotopic (exact) mass is 524 g/mol. The average Bonchev–Trinajstić information content (AvgIpc) is 2.70. The average molecular weight is 525 g/mol. The maximum Gasteiger partial charge on any atom is 0.333 e. The molecule has 0 aliphatic carbocycles. The second-order valence-electron chi connectivity index (χ2n) is 7.37. The quantitative estimate of drug-likeness (QED) is 0.0932. The highest BCUT2D eigenvalue weighted by molar-refractivity contribution is 7.86. The third-order valence-corrected chi connectivity index (χ3v) is 6.02. The summed E-state index contributed by atoms with van der Waals surface area (Å²) in [6, 6.07) is 3.78. The van der Waals surface area contributed by atoms with Gasteiger partial charge in [-0.1, -0.05) is 19.2 Å². The smallest absolute Gasteiger partial charge is 0.333 e. The van der Waals surface area contributed by atoms with E-state index in [1.807, 2.05) is 48.1 Å². The van der Waals surface area contributed by atoms with Crippen LogP contribution in [-0.4, -0.2) is 83.1 Å². The molecule has 1 aromatic rings. The van der Waals surface area contributed by atoms with Crippen molar-refractivity contribution in [2.24, 2.45) is 0 Å². The molecule has 11 nitrogen and oxygen atoms in total. The Balaban J connectivity index is 0. The molecule has 0 bridgehead atoms. The van der Waals surface area contributed by atoms with Crippen molar-refractivity contribution >= 4 is 32.3 Å². The zero-order valence-electron chi connectivity index (χ0n) is 19.9. The number of aryl methyl sites for hydroxylation is 1. The van der Waals surface area contributed by atoms with Crippen molar-refractivity contribution in [1.29, 1.82) is 0 Å². The first-order valence-corrected chi connectivity index (χ1v) is 13.4. The lowest BCUT2D eigenvalue weighted by molar-refractivity contribution is -0.696. The molecule has 0 spiro atoms. The summed E-state index contributed by atoms with van der Waals surface area (Å²) in [4.78, 5) is 12.9. The lowest BCUT2D eigenvalue weighted by Gasteiger charge is -2.09. The van der Waals surface area contributed by atoms with Crippen molar-refractivity contribution in [2.45, 2.75) is 26.3 Å². The van der Waals surface area contributed by atoms with Crippen molar-refractivity contribution in [3.05, 3.63) is 48.8 Å². The fourth-order valence-electron chi connectivity index (χ4n) is 2.22. The van der Waals surface area contributed by atoms with Crippen LogP contribution in [0.15, 0.2) is 43.3 Å². The summed E-state index contributed by atoms with van der Waals surface area (Å²) in [5, 5.41) is 0. The van der Waals surface area contributed by atoms with E-state index in [0.717, 1.165) is 5.56 Å². The number of rotatable bonds is 14. The molecule has 34 heavy (non-hydrogen) atoms. The van der Waals surface area contributed by atoms with Crippen LogP contribution in [0.4, 0.5) is 0 Å². The highest BCUT2D eigenvalue weighted by Gasteiger charge is 2.12. The Kier molecular flexibility index (Phi) is 17.3. The minimum absolute atomic E-state index is 0. The van der Waals surface area contributed by atoms with Crippen molar-refractivity contribution in [2.75, 3.05) is 45.4 Å². The molecule has 0 unspecified atom stereocenters. The van der Waals surface area contributed by atoms with E-state index in [0.29, 0.717) is 25.9 Å². The fourth-order valence-corrected chi connectivity index (χ4v) is 3.63. The molecule has 1 rings (SSSR count). The van der Waals surface area contributed by atoms with Gasteiger partial charge in [0, 0.05) is 24.1 Å². The molecular weight excluding hydrogens is 488 g/mol. The van der Waals surface area contributed by atoms with Crippen LogP contribution < -0.4 is 4.57 Å². The summed E-state index contributed by atoms with van der Waals surface area (Å²) in [5.41, 5.74) is 1.28. The van der Waals surface area contributed by atoms with Crippen LogP contribution >= 0.6 is 0 Å². The van der Waals surface area contributed by atoms with Crippen molar-refractivity contribution < 1.29 is 45.1 Å². The lowest BCUT2D eigenvalue weighted by Crippen LogP contribution is -2.33. The Morgan fingerprint density at radius 2 is 1.71 bits per heavy atom. The Labute approximate surface area is 202 Å². The van der Waals surface area contributed by atoms with Crippen molar-refractivity contribution in [1.82, 2.24) is 4.90 Å². The van der Waals surface area contributed by atoms with E-state index >= 15 is 0 Å². The summed E-state index contributed by atoms with van der Waals surface area (Å²) in [6.07, 6.45) is 6.34. The van der Waals surface area contributed by atoms with Gasteiger partial charge in [0.25, 0.3) is 20.2 Å². The third kappa shape index (κ3) is 19.3. The van der Waals surface area contributed by atoms with E-state index < -0.39 is 26.2 Å². The molecule has 0 fully saturated rings. The van der Waals surface area contributed by atoms with Gasteiger partial charge in [-0.3, -0.25) is 8.74 Å². The van der Waals surface area contributed by atoms with Gasteiger partial charge < -0.3 is 15.1 Å². The van der Waals surface area contributed by atoms with E-state index in [2.05, 4.69) is 17.3 Å². The van der Waals surface area contributed by atoms with Crippen LogP contribution in [0.1, 0.15) is 25.3 Å². The summed E-state index contributed by atoms with van der Waals surface area (Å²) in [5.74, 6) is -0.799. The standard InChI is InChI=1S/C11H21NO5S.C10H13NO3S.H2O/c1-10(2)11(13)16-7-8-17-18(14,15)9-5-6-12(3)4;1-2-10-4-7-11(8-5-10)6-3-9-15(12,13)14;/h1,5-9H2,2-4H3;2,4-5,7-8H,1,3,6,9H2;1H2. The zero-order chi connectivity index (χ0) is 25.5. The Bertz CT molecular complexity index is 958. The molecule has 0 saturated carbocycles. The molecule has 1 heterocycles. The topological polar surface area (TPSA) is 161 Å². The molecule has 0 atom stereocenters. The van der Waals surface area contributed by atoms with Gasteiger partial charge in [-0.15, -0.1) is 0 Å². The lowest BCUT2D eigenvalue weighted by atomic mass is 10.3. The SMILES string of the molecule is C=C(C)C(=O)OCCOS(=O)(=O)CCCN(C)C.C=Cc1cc[n+](CCCS(=O)(=O)O)cc1.[OH-]. The van der Waals surface area contributed by atoms with Gasteiger partial charge in [0.2, 0.25) is 0 Å². The number of nitrogens with zero attached hydrogens (tertiary/aromatic N) is 2. The highest BCUT2D eigenvalue weighted by Crippen LogP contribution is 1.99. The maximum atomic E-state index is 11.4. The van der Waals surface area contributed by atoms with Crippen LogP contribution in [0.25, 0.3) is 6.08 Å². The number of ether oxygens (including phenoxy) is 1. The molecule has 0 radical (unpaired) electrons. The second kappa shape index (κ2) is 17.3. The number of hydrogen-bond donors (Lipinski definition) is 1. The number of carbonyl (C=O) groups excluding carboxylic acids is 1. The van der Waals surface area contributed by atoms with Crippen LogP contribution in [-0.2, 0) is 40.5 Å². The van der Waals surface area contributed by atoms with Crippen LogP contribution in [0.2, 0.25) is 0 Å². The van der Waals surface area contributed by atoms with E-state index in [1.54, 1.807) is 6.08 Å². The first-order valence-electron chi connectivity index (χ1n) is 10.2. The largest absolute Gasteiger partial charge is 0.870 e. The van der Waals surface area contributed by atoms with Gasteiger partial charge in [-0.25, -0.2) is 9.36 Å². The third-order valence-electron chi connectivity index (χ3n) is 3.90. The first-order chi connectivity index (χ1) is 15.3. The molecule has 0 saturated heterocycles. The summed E-state index contributed by atoms with van der Waals surface area (Å²) in [7, 11) is -3.64. The van der Waals surface area contributed by atoms with Crippen LogP contribution in [0.3, 0.4) is 0 Å². The number of esters is 1. The molecule has 2 N–H and O–H groups in total. The molecule has 0 amide bonds. The van der Waals surface area contributed by atoms with E-state index in [9.17, 15) is 21.6 Å².